The maximum absolute atomic E-state index is 12.0. The van der Waals surface area contributed by atoms with E-state index in [1.54, 1.807) is 0 Å². The molecule has 0 radical (unpaired) electrons. The lowest BCUT2D eigenvalue weighted by Crippen LogP contribution is -2.02. The van der Waals surface area contributed by atoms with Gasteiger partial charge in [-0.1, -0.05) is 0 Å². The molecule has 0 N–H and O–H groups in total. The maximum Gasteiger partial charge on any atom is 0.369 e. The van der Waals surface area contributed by atoms with Crippen molar-refractivity contribution in [3.05, 3.63) is 11.7 Å². The van der Waals surface area contributed by atoms with Gasteiger partial charge in [-0.05, 0) is 0 Å². The first-order chi connectivity index (χ1) is 4.63. The molecule has 0 fully saturated rings. The van der Waals surface area contributed by atoms with Gasteiger partial charge >= 0.3 is 5.97 Å². The molecule has 0 saturated carbocycles. The Hall–Kier alpha value is -1.00. The SMILES string of the molecule is COC(=O)/C(F)=C(\F)CF. The summed E-state index contributed by atoms with van der Waals surface area (Å²) in [6.07, 6.45) is 0. The van der Waals surface area contributed by atoms with Crippen LogP contribution in [-0.4, -0.2) is 19.8 Å². The highest BCUT2D eigenvalue weighted by molar-refractivity contribution is 5.86. The first kappa shape index (κ1) is 9.00. The van der Waals surface area contributed by atoms with Crippen LogP contribution in [0.5, 0.6) is 0 Å². The Balaban J connectivity index is 4.30. The van der Waals surface area contributed by atoms with E-state index in [1.165, 1.54) is 0 Å². The van der Waals surface area contributed by atoms with Crippen molar-refractivity contribution in [1.29, 1.82) is 0 Å². The van der Waals surface area contributed by atoms with Crippen LogP contribution in [0.1, 0.15) is 0 Å². The molecule has 0 heterocycles. The molecule has 0 aromatic heterocycles. The molecule has 0 aromatic carbocycles. The van der Waals surface area contributed by atoms with E-state index in [0.29, 0.717) is 0 Å². The second-order valence-corrected chi connectivity index (χ2v) is 1.34. The maximum atomic E-state index is 12.0. The Morgan fingerprint density at radius 3 is 2.30 bits per heavy atom. The lowest BCUT2D eigenvalue weighted by Gasteiger charge is -1.93. The number of ether oxygens (including phenoxy) is 1. The number of carbonyl (C=O) groups excluding carboxylic acids is 1. The predicted molar refractivity (Wildman–Crippen MR) is 27.2 cm³/mol. The van der Waals surface area contributed by atoms with Gasteiger partial charge in [0.15, 0.2) is 5.83 Å². The van der Waals surface area contributed by atoms with E-state index in [9.17, 15) is 18.0 Å². The normalized spacial score (nSPS) is 12.4. The molecular formula is C5H5F3O2. The van der Waals surface area contributed by atoms with Crippen LogP contribution in [-0.2, 0) is 9.53 Å². The molecule has 0 aliphatic carbocycles. The van der Waals surface area contributed by atoms with Crippen molar-refractivity contribution in [2.45, 2.75) is 0 Å². The zero-order valence-electron chi connectivity index (χ0n) is 5.16. The molecule has 0 spiro atoms. The molecule has 0 atom stereocenters. The largest absolute Gasteiger partial charge is 0.464 e. The van der Waals surface area contributed by atoms with E-state index in [-0.39, 0.29) is 0 Å². The third kappa shape index (κ3) is 2.08. The zero-order valence-corrected chi connectivity index (χ0v) is 5.16. The molecule has 0 unspecified atom stereocenters. The average Bonchev–Trinajstić information content (AvgIpc) is 2.00. The number of allylic oxidation sites excluding steroid dienone is 1. The summed E-state index contributed by atoms with van der Waals surface area (Å²) in [6, 6.07) is 0. The summed E-state index contributed by atoms with van der Waals surface area (Å²) in [6.45, 7) is -1.64. The molecule has 0 aliphatic heterocycles. The molecular weight excluding hydrogens is 149 g/mol. The van der Waals surface area contributed by atoms with Crippen LogP contribution in [0.3, 0.4) is 0 Å². The van der Waals surface area contributed by atoms with Gasteiger partial charge < -0.3 is 4.74 Å². The molecule has 0 amide bonds. The second kappa shape index (κ2) is 3.92. The molecule has 0 bridgehead atoms. The van der Waals surface area contributed by atoms with Crippen LogP contribution in [0, 0.1) is 0 Å². The highest BCUT2D eigenvalue weighted by atomic mass is 19.2. The van der Waals surface area contributed by atoms with Gasteiger partial charge in [0, 0.05) is 0 Å². The van der Waals surface area contributed by atoms with Crippen LogP contribution in [0.25, 0.3) is 0 Å². The quantitative estimate of drug-likeness (QED) is 0.442. The van der Waals surface area contributed by atoms with E-state index in [2.05, 4.69) is 4.74 Å². The number of hydrogen-bond donors (Lipinski definition) is 0. The monoisotopic (exact) mass is 154 g/mol. The number of carbonyl (C=O) groups is 1. The standard InChI is InChI=1S/C5H5F3O2/c1-10-5(9)4(8)3(7)2-6/h2H2,1H3/b4-3+. The fraction of sp³-hybridized carbons (Fsp3) is 0.400. The Kier molecular flexibility index (Phi) is 3.53. The van der Waals surface area contributed by atoms with Crippen LogP contribution >= 0.6 is 0 Å². The van der Waals surface area contributed by atoms with E-state index < -0.39 is 24.3 Å². The molecule has 0 aromatic rings. The van der Waals surface area contributed by atoms with Gasteiger partial charge in [0.1, 0.15) is 6.67 Å². The van der Waals surface area contributed by atoms with Gasteiger partial charge in [-0.25, -0.2) is 13.6 Å². The summed E-state index contributed by atoms with van der Waals surface area (Å²) in [7, 11) is 0.868. The molecule has 2 nitrogen and oxygen atoms in total. The molecule has 0 aliphatic rings. The zero-order chi connectivity index (χ0) is 8.15. The number of methoxy groups -OCH3 is 1. The molecule has 58 valence electrons. The van der Waals surface area contributed by atoms with Crippen molar-refractivity contribution < 1.29 is 22.7 Å². The second-order valence-electron chi connectivity index (χ2n) is 1.34. The molecule has 10 heavy (non-hydrogen) atoms. The fourth-order valence-electron chi connectivity index (χ4n) is 0.259. The summed E-state index contributed by atoms with van der Waals surface area (Å²) in [5, 5.41) is 0. The van der Waals surface area contributed by atoms with Gasteiger partial charge in [-0.15, -0.1) is 0 Å². The first-order valence-corrected chi connectivity index (χ1v) is 2.32. The van der Waals surface area contributed by atoms with Crippen molar-refractivity contribution in [3.8, 4) is 0 Å². The minimum absolute atomic E-state index is 0.868. The minimum Gasteiger partial charge on any atom is -0.464 e. The Morgan fingerprint density at radius 2 is 2.00 bits per heavy atom. The number of hydrogen-bond acceptors (Lipinski definition) is 2. The third-order valence-electron chi connectivity index (χ3n) is 0.720. The van der Waals surface area contributed by atoms with Crippen LogP contribution in [0.15, 0.2) is 11.7 Å². The lowest BCUT2D eigenvalue weighted by molar-refractivity contribution is -0.138. The van der Waals surface area contributed by atoms with E-state index in [4.69, 9.17) is 0 Å². The summed E-state index contributed by atoms with van der Waals surface area (Å²) >= 11 is 0. The Bertz CT molecular complexity index is 164. The van der Waals surface area contributed by atoms with Crippen molar-refractivity contribution in [3.63, 3.8) is 0 Å². The topological polar surface area (TPSA) is 26.3 Å². The van der Waals surface area contributed by atoms with Crippen molar-refractivity contribution in [1.82, 2.24) is 0 Å². The van der Waals surface area contributed by atoms with E-state index in [0.717, 1.165) is 7.11 Å². The Labute approximate surface area is 55.3 Å². The number of rotatable bonds is 2. The fourth-order valence-corrected chi connectivity index (χ4v) is 0.259. The van der Waals surface area contributed by atoms with Gasteiger partial charge in [0.2, 0.25) is 5.83 Å². The van der Waals surface area contributed by atoms with E-state index >= 15 is 0 Å². The van der Waals surface area contributed by atoms with Gasteiger partial charge in [0.25, 0.3) is 0 Å². The van der Waals surface area contributed by atoms with Crippen LogP contribution in [0.4, 0.5) is 13.2 Å². The molecule has 0 rings (SSSR count). The number of halogens is 3. The minimum atomic E-state index is -1.81. The average molecular weight is 154 g/mol. The summed E-state index contributed by atoms with van der Waals surface area (Å²) in [4.78, 5) is 10.1. The Morgan fingerprint density at radius 1 is 1.50 bits per heavy atom. The summed E-state index contributed by atoms with van der Waals surface area (Å²) < 4.78 is 38.8. The lowest BCUT2D eigenvalue weighted by atomic mass is 10.4. The highest BCUT2D eigenvalue weighted by Gasteiger charge is 2.14. The smallest absolute Gasteiger partial charge is 0.369 e. The third-order valence-corrected chi connectivity index (χ3v) is 0.720. The summed E-state index contributed by atoms with van der Waals surface area (Å²) in [5.41, 5.74) is 0. The van der Waals surface area contributed by atoms with Crippen molar-refractivity contribution >= 4 is 5.97 Å². The van der Waals surface area contributed by atoms with Gasteiger partial charge in [-0.3, -0.25) is 0 Å². The number of alkyl halides is 1. The van der Waals surface area contributed by atoms with Crippen LogP contribution < -0.4 is 0 Å². The molecule has 0 saturated heterocycles. The molecule has 5 heteroatoms. The first-order valence-electron chi connectivity index (χ1n) is 2.32. The van der Waals surface area contributed by atoms with Gasteiger partial charge in [-0.2, -0.15) is 4.39 Å². The summed E-state index contributed by atoms with van der Waals surface area (Å²) in [5.74, 6) is -5.06. The van der Waals surface area contributed by atoms with Gasteiger partial charge in [0.05, 0.1) is 7.11 Å². The van der Waals surface area contributed by atoms with E-state index in [1.807, 2.05) is 0 Å². The van der Waals surface area contributed by atoms with Crippen molar-refractivity contribution in [2.75, 3.05) is 13.8 Å². The number of esters is 1. The van der Waals surface area contributed by atoms with Crippen LogP contribution in [0.2, 0.25) is 0 Å². The van der Waals surface area contributed by atoms with Crippen molar-refractivity contribution in [2.24, 2.45) is 0 Å². The highest BCUT2D eigenvalue weighted by Crippen LogP contribution is 2.09. The predicted octanol–water partition coefficient (Wildman–Crippen LogP) is 1.28.